The molecule has 0 amide bonds. The summed E-state index contributed by atoms with van der Waals surface area (Å²) >= 11 is 0. The van der Waals surface area contributed by atoms with Gasteiger partial charge < -0.3 is 0 Å². The second-order valence-corrected chi connectivity index (χ2v) is 9.95. The fourth-order valence-corrected chi connectivity index (χ4v) is 4.86. The van der Waals surface area contributed by atoms with E-state index in [4.69, 9.17) is 0 Å². The number of hydrogen-bond acceptors (Lipinski definition) is 0. The van der Waals surface area contributed by atoms with Crippen molar-refractivity contribution in [3.8, 4) is 0 Å². The molecule has 0 saturated carbocycles. The Hall–Kier alpha value is 0. The Balaban J connectivity index is 3.35. The minimum atomic E-state index is 1.04. The molecule has 1 atom stereocenters. The molecular weight excluding hydrogens is 348 g/mol. The largest absolute Gasteiger partial charge is 0.0654 e. The summed E-state index contributed by atoms with van der Waals surface area (Å²) in [6, 6.07) is 0. The molecule has 176 valence electrons. The standard InChI is InChI=1S/C29H60/c1-4-7-9-11-13-14-15-16-17-18-19-21-23-25-28-29(26-6-3)27-24-22-20-12-10-8-5-2/h29H,4-28H2,1-3H3. The first-order valence-corrected chi connectivity index (χ1v) is 14.3. The van der Waals surface area contributed by atoms with Crippen LogP contribution in [0.5, 0.6) is 0 Å². The lowest BCUT2D eigenvalue weighted by molar-refractivity contribution is 0.377. The van der Waals surface area contributed by atoms with Crippen LogP contribution in [0, 0.1) is 5.92 Å². The van der Waals surface area contributed by atoms with Gasteiger partial charge in [-0.1, -0.05) is 181 Å². The summed E-state index contributed by atoms with van der Waals surface area (Å²) in [5.41, 5.74) is 0. The van der Waals surface area contributed by atoms with Crippen molar-refractivity contribution >= 4 is 0 Å². The van der Waals surface area contributed by atoms with E-state index in [1.165, 1.54) is 161 Å². The molecule has 0 aliphatic rings. The van der Waals surface area contributed by atoms with Crippen LogP contribution in [-0.2, 0) is 0 Å². The first-order valence-electron chi connectivity index (χ1n) is 14.3. The quantitative estimate of drug-likeness (QED) is 0.132. The van der Waals surface area contributed by atoms with Crippen molar-refractivity contribution in [2.75, 3.05) is 0 Å². The van der Waals surface area contributed by atoms with Crippen molar-refractivity contribution < 1.29 is 0 Å². The molecule has 0 aromatic carbocycles. The number of hydrogen-bond donors (Lipinski definition) is 0. The molecule has 29 heavy (non-hydrogen) atoms. The lowest BCUT2D eigenvalue weighted by atomic mass is 9.90. The lowest BCUT2D eigenvalue weighted by Gasteiger charge is -2.16. The van der Waals surface area contributed by atoms with Crippen LogP contribution in [0.1, 0.15) is 181 Å². The summed E-state index contributed by atoms with van der Waals surface area (Å²) < 4.78 is 0. The van der Waals surface area contributed by atoms with Crippen LogP contribution in [-0.4, -0.2) is 0 Å². The zero-order valence-corrected chi connectivity index (χ0v) is 21.3. The van der Waals surface area contributed by atoms with Gasteiger partial charge in [-0.3, -0.25) is 0 Å². The van der Waals surface area contributed by atoms with E-state index in [9.17, 15) is 0 Å². The molecule has 0 saturated heterocycles. The van der Waals surface area contributed by atoms with Gasteiger partial charge in [0.2, 0.25) is 0 Å². The Labute approximate surface area is 187 Å². The molecule has 0 aromatic rings. The third-order valence-corrected chi connectivity index (χ3v) is 6.88. The van der Waals surface area contributed by atoms with E-state index in [0.29, 0.717) is 0 Å². The Morgan fingerprint density at radius 3 is 0.828 bits per heavy atom. The lowest BCUT2D eigenvalue weighted by Crippen LogP contribution is -2.00. The van der Waals surface area contributed by atoms with Gasteiger partial charge in [-0.05, 0) is 5.92 Å². The van der Waals surface area contributed by atoms with Gasteiger partial charge in [0, 0.05) is 0 Å². The Morgan fingerprint density at radius 2 is 0.552 bits per heavy atom. The molecule has 1 unspecified atom stereocenters. The highest BCUT2D eigenvalue weighted by Crippen LogP contribution is 2.23. The monoisotopic (exact) mass is 408 g/mol. The molecule has 0 spiro atoms. The molecule has 0 fully saturated rings. The van der Waals surface area contributed by atoms with Gasteiger partial charge >= 0.3 is 0 Å². The fourth-order valence-electron chi connectivity index (χ4n) is 4.86. The van der Waals surface area contributed by atoms with Gasteiger partial charge in [-0.25, -0.2) is 0 Å². The van der Waals surface area contributed by atoms with Crippen LogP contribution in [0.2, 0.25) is 0 Å². The highest BCUT2D eigenvalue weighted by atomic mass is 14.1. The predicted molar refractivity (Wildman–Crippen MR) is 136 cm³/mol. The third-order valence-electron chi connectivity index (χ3n) is 6.88. The number of rotatable bonds is 25. The van der Waals surface area contributed by atoms with Gasteiger partial charge in [-0.15, -0.1) is 0 Å². The Kier molecular flexibility index (Phi) is 26.0. The van der Waals surface area contributed by atoms with E-state index in [-0.39, 0.29) is 0 Å². The van der Waals surface area contributed by atoms with Crippen molar-refractivity contribution in [2.24, 2.45) is 5.92 Å². The summed E-state index contributed by atoms with van der Waals surface area (Å²) in [7, 11) is 0. The SMILES string of the molecule is CCCCCCCCCCCCCCCCC(CCC)CCCCCCCCC. The van der Waals surface area contributed by atoms with Gasteiger partial charge in [0.15, 0.2) is 0 Å². The van der Waals surface area contributed by atoms with Crippen LogP contribution in [0.15, 0.2) is 0 Å². The summed E-state index contributed by atoms with van der Waals surface area (Å²) in [6.45, 7) is 7.00. The van der Waals surface area contributed by atoms with Crippen molar-refractivity contribution in [2.45, 2.75) is 181 Å². The Bertz CT molecular complexity index is 269. The molecule has 0 heterocycles. The second-order valence-electron chi connectivity index (χ2n) is 9.95. The van der Waals surface area contributed by atoms with Crippen LogP contribution < -0.4 is 0 Å². The van der Waals surface area contributed by atoms with Crippen LogP contribution in [0.4, 0.5) is 0 Å². The fraction of sp³-hybridized carbons (Fsp3) is 1.00. The first-order chi connectivity index (χ1) is 14.3. The molecule has 0 bridgehead atoms. The topological polar surface area (TPSA) is 0 Å². The average molecular weight is 409 g/mol. The van der Waals surface area contributed by atoms with Gasteiger partial charge in [0.1, 0.15) is 0 Å². The summed E-state index contributed by atoms with van der Waals surface area (Å²) in [6.07, 6.45) is 36.8. The zero-order chi connectivity index (χ0) is 21.3. The van der Waals surface area contributed by atoms with Crippen molar-refractivity contribution in [3.63, 3.8) is 0 Å². The number of unbranched alkanes of at least 4 members (excludes halogenated alkanes) is 19. The van der Waals surface area contributed by atoms with Crippen LogP contribution in [0.25, 0.3) is 0 Å². The molecular formula is C29H60. The normalized spacial score (nSPS) is 12.5. The molecule has 0 rings (SSSR count). The van der Waals surface area contributed by atoms with Crippen molar-refractivity contribution in [3.05, 3.63) is 0 Å². The minimum absolute atomic E-state index is 1.04. The highest BCUT2D eigenvalue weighted by Gasteiger charge is 2.07. The molecule has 0 aromatic heterocycles. The maximum Gasteiger partial charge on any atom is -0.0414 e. The minimum Gasteiger partial charge on any atom is -0.0654 e. The van der Waals surface area contributed by atoms with E-state index < -0.39 is 0 Å². The van der Waals surface area contributed by atoms with E-state index in [1.54, 1.807) is 0 Å². The molecule has 0 N–H and O–H groups in total. The van der Waals surface area contributed by atoms with E-state index in [0.717, 1.165) is 5.92 Å². The molecule has 0 radical (unpaired) electrons. The summed E-state index contributed by atoms with van der Waals surface area (Å²) in [5.74, 6) is 1.04. The van der Waals surface area contributed by atoms with Crippen molar-refractivity contribution in [1.82, 2.24) is 0 Å². The Morgan fingerprint density at radius 1 is 0.276 bits per heavy atom. The van der Waals surface area contributed by atoms with Crippen molar-refractivity contribution in [1.29, 1.82) is 0 Å². The molecule has 0 aliphatic heterocycles. The molecule has 0 aliphatic carbocycles. The first kappa shape index (κ1) is 29.0. The third kappa shape index (κ3) is 24.1. The highest BCUT2D eigenvalue weighted by molar-refractivity contribution is 4.61. The molecule has 0 nitrogen and oxygen atoms in total. The van der Waals surface area contributed by atoms with Gasteiger partial charge in [-0.2, -0.15) is 0 Å². The van der Waals surface area contributed by atoms with Gasteiger partial charge in [0.05, 0.1) is 0 Å². The predicted octanol–water partition coefficient (Wildman–Crippen LogP) is 11.4. The van der Waals surface area contributed by atoms with Gasteiger partial charge in [0.25, 0.3) is 0 Å². The maximum absolute atomic E-state index is 2.38. The summed E-state index contributed by atoms with van der Waals surface area (Å²) in [5, 5.41) is 0. The smallest absolute Gasteiger partial charge is 0.0414 e. The maximum atomic E-state index is 2.38. The summed E-state index contributed by atoms with van der Waals surface area (Å²) in [4.78, 5) is 0. The van der Waals surface area contributed by atoms with E-state index in [2.05, 4.69) is 20.8 Å². The average Bonchev–Trinajstić information content (AvgIpc) is 2.73. The van der Waals surface area contributed by atoms with Crippen LogP contribution >= 0.6 is 0 Å². The van der Waals surface area contributed by atoms with E-state index in [1.807, 2.05) is 0 Å². The second kappa shape index (κ2) is 26.0. The van der Waals surface area contributed by atoms with Crippen LogP contribution in [0.3, 0.4) is 0 Å². The van der Waals surface area contributed by atoms with E-state index >= 15 is 0 Å². The zero-order valence-electron chi connectivity index (χ0n) is 21.3. The molecule has 0 heteroatoms.